The first-order valence-electron chi connectivity index (χ1n) is 13.3. The largest absolute Gasteiger partial charge is 0.369 e. The molecule has 2 N–H and O–H groups in total. The first-order valence-corrected chi connectivity index (χ1v) is 13.3. The Morgan fingerprint density at radius 1 is 0.949 bits per heavy atom. The predicted octanol–water partition coefficient (Wildman–Crippen LogP) is 6.02. The Bertz CT molecular complexity index is 1560. The van der Waals surface area contributed by atoms with Gasteiger partial charge in [-0.15, -0.1) is 10.2 Å². The zero-order valence-corrected chi connectivity index (χ0v) is 21.8. The fourth-order valence-electron chi connectivity index (χ4n) is 5.35. The third-order valence-corrected chi connectivity index (χ3v) is 7.38. The van der Waals surface area contributed by atoms with Gasteiger partial charge in [0.1, 0.15) is 0 Å². The van der Waals surface area contributed by atoms with Crippen molar-refractivity contribution >= 4 is 17.3 Å². The molecule has 39 heavy (non-hydrogen) atoms. The van der Waals surface area contributed by atoms with E-state index < -0.39 is 0 Å². The maximum atomic E-state index is 13.3. The molecule has 0 aliphatic carbocycles. The Morgan fingerprint density at radius 2 is 1.72 bits per heavy atom. The molecule has 1 saturated heterocycles. The summed E-state index contributed by atoms with van der Waals surface area (Å²) in [4.78, 5) is 15.6. The summed E-state index contributed by atoms with van der Waals surface area (Å²) >= 11 is 0. The highest BCUT2D eigenvalue weighted by Gasteiger charge is 2.26. The number of anilines is 2. The number of hydrogen-bond acceptors (Lipinski definition) is 5. The Hall–Kier alpha value is -4.78. The van der Waals surface area contributed by atoms with Gasteiger partial charge >= 0.3 is 0 Å². The minimum atomic E-state index is -0.0393. The summed E-state index contributed by atoms with van der Waals surface area (Å²) in [5.41, 5.74) is 8.19. The van der Waals surface area contributed by atoms with Gasteiger partial charge < -0.3 is 10.2 Å². The Kier molecular flexibility index (Phi) is 6.87. The van der Waals surface area contributed by atoms with E-state index in [1.165, 1.54) is 11.1 Å². The molecule has 7 nitrogen and oxygen atoms in total. The number of nitrogens with zero attached hydrogens (tertiary/aromatic N) is 4. The molecule has 1 amide bonds. The van der Waals surface area contributed by atoms with Gasteiger partial charge in [-0.05, 0) is 52.9 Å². The molecule has 0 saturated carbocycles. The van der Waals surface area contributed by atoms with Crippen LogP contribution in [-0.4, -0.2) is 39.6 Å². The topological polar surface area (TPSA) is 86.8 Å². The van der Waals surface area contributed by atoms with E-state index in [0.717, 1.165) is 53.1 Å². The van der Waals surface area contributed by atoms with Gasteiger partial charge in [0.2, 0.25) is 11.7 Å². The molecule has 1 aromatic heterocycles. The second-order valence-electron chi connectivity index (χ2n) is 10.1. The van der Waals surface area contributed by atoms with Crippen LogP contribution in [0.4, 0.5) is 11.4 Å². The lowest BCUT2D eigenvalue weighted by Crippen LogP contribution is -2.22. The molecule has 5 aromatic rings. The molecule has 194 valence electrons. The van der Waals surface area contributed by atoms with Crippen molar-refractivity contribution in [2.45, 2.75) is 25.7 Å². The maximum absolute atomic E-state index is 13.3. The molecule has 7 heteroatoms. The smallest absolute Gasteiger partial charge is 0.228 e. The van der Waals surface area contributed by atoms with E-state index in [1.807, 2.05) is 55.5 Å². The lowest BCUT2D eigenvalue weighted by atomic mass is 9.97. The van der Waals surface area contributed by atoms with E-state index in [9.17, 15) is 4.79 Å². The summed E-state index contributed by atoms with van der Waals surface area (Å²) in [5, 5.41) is 17.9. The van der Waals surface area contributed by atoms with Crippen molar-refractivity contribution in [1.82, 2.24) is 20.6 Å². The number of rotatable bonds is 7. The Labute approximate surface area is 227 Å². The van der Waals surface area contributed by atoms with Crippen molar-refractivity contribution in [3.63, 3.8) is 0 Å². The van der Waals surface area contributed by atoms with Gasteiger partial charge in [0.05, 0.1) is 17.8 Å². The molecule has 1 unspecified atom stereocenters. The quantitative estimate of drug-likeness (QED) is 0.277. The fraction of sp³-hybridized carbons (Fsp3) is 0.188. The number of tetrazole rings is 1. The zero-order chi connectivity index (χ0) is 26.6. The highest BCUT2D eigenvalue weighted by molar-refractivity contribution is 5.97. The van der Waals surface area contributed by atoms with Crippen LogP contribution in [0, 0.1) is 6.92 Å². The lowest BCUT2D eigenvalue weighted by molar-refractivity contribution is -0.115. The summed E-state index contributed by atoms with van der Waals surface area (Å²) in [5.74, 6) is 0.952. The van der Waals surface area contributed by atoms with Crippen LogP contribution < -0.4 is 10.2 Å². The van der Waals surface area contributed by atoms with Crippen molar-refractivity contribution in [1.29, 1.82) is 0 Å². The van der Waals surface area contributed by atoms with Crippen LogP contribution in [-0.2, 0) is 11.2 Å². The summed E-state index contributed by atoms with van der Waals surface area (Å²) in [6, 6.07) is 33.1. The third kappa shape index (κ3) is 5.43. The highest BCUT2D eigenvalue weighted by atomic mass is 16.1. The average Bonchev–Trinajstić information content (AvgIpc) is 3.68. The van der Waals surface area contributed by atoms with Crippen molar-refractivity contribution in [3.05, 3.63) is 114 Å². The molecule has 1 atom stereocenters. The molecular weight excluding hydrogens is 484 g/mol. The number of H-pyrrole nitrogens is 1. The first kappa shape index (κ1) is 24.6. The molecule has 1 aliphatic heterocycles. The molecule has 0 bridgehead atoms. The Balaban J connectivity index is 1.33. The van der Waals surface area contributed by atoms with Crippen LogP contribution in [0.2, 0.25) is 0 Å². The number of carbonyl (C=O) groups excluding carboxylic acids is 1. The van der Waals surface area contributed by atoms with Gasteiger partial charge in [0.25, 0.3) is 0 Å². The summed E-state index contributed by atoms with van der Waals surface area (Å²) in [6.45, 7) is 3.88. The van der Waals surface area contributed by atoms with E-state index in [4.69, 9.17) is 0 Å². The average molecular weight is 515 g/mol. The molecule has 4 aromatic carbocycles. The van der Waals surface area contributed by atoms with E-state index in [-0.39, 0.29) is 5.91 Å². The lowest BCUT2D eigenvalue weighted by Gasteiger charge is -2.24. The van der Waals surface area contributed by atoms with E-state index in [0.29, 0.717) is 18.2 Å². The fourth-order valence-corrected chi connectivity index (χ4v) is 5.35. The van der Waals surface area contributed by atoms with E-state index in [1.54, 1.807) is 0 Å². The van der Waals surface area contributed by atoms with Crippen LogP contribution in [0.3, 0.4) is 0 Å². The van der Waals surface area contributed by atoms with Crippen molar-refractivity contribution in [2.75, 3.05) is 23.3 Å². The molecule has 6 rings (SSSR count). The van der Waals surface area contributed by atoms with Gasteiger partial charge in [-0.2, -0.15) is 5.21 Å². The minimum Gasteiger partial charge on any atom is -0.369 e. The molecule has 0 radical (unpaired) electrons. The summed E-state index contributed by atoms with van der Waals surface area (Å²) in [6.07, 6.45) is 1.39. The van der Waals surface area contributed by atoms with Crippen LogP contribution in [0.25, 0.3) is 22.5 Å². The second-order valence-corrected chi connectivity index (χ2v) is 10.1. The third-order valence-electron chi connectivity index (χ3n) is 7.38. The van der Waals surface area contributed by atoms with Crippen molar-refractivity contribution in [2.24, 2.45) is 0 Å². The molecule has 0 spiro atoms. The first-order chi connectivity index (χ1) is 19.1. The minimum absolute atomic E-state index is 0.0393. The summed E-state index contributed by atoms with van der Waals surface area (Å²) in [7, 11) is 0. The zero-order valence-electron chi connectivity index (χ0n) is 21.8. The SMILES string of the molecule is Cc1ccc(CC(=O)Nc2cc(-c3ccccc3-c3nn[nH]n3)ccc2N2CCC(c3ccccc3)C2)cc1. The molecule has 2 heterocycles. The van der Waals surface area contributed by atoms with Gasteiger partial charge in [0.15, 0.2) is 0 Å². The standard InChI is InChI=1S/C32H30N6O/c1-22-11-13-23(14-12-22)19-31(39)33-29-20-25(27-9-5-6-10-28(27)32-34-36-37-35-32)15-16-30(29)38-18-17-26(21-38)24-7-3-2-4-8-24/h2-16,20,26H,17-19,21H2,1H3,(H,33,39)(H,34,35,36,37). The van der Waals surface area contributed by atoms with E-state index in [2.05, 4.69) is 79.4 Å². The van der Waals surface area contributed by atoms with Crippen LogP contribution in [0.5, 0.6) is 0 Å². The molecular formula is C32H30N6O. The van der Waals surface area contributed by atoms with Gasteiger partial charge in [0, 0.05) is 24.6 Å². The highest BCUT2D eigenvalue weighted by Crippen LogP contribution is 2.39. The number of benzene rings is 4. The number of carbonyl (C=O) groups is 1. The van der Waals surface area contributed by atoms with Crippen LogP contribution in [0.1, 0.15) is 29.0 Å². The number of amides is 1. The maximum Gasteiger partial charge on any atom is 0.228 e. The second kappa shape index (κ2) is 10.9. The summed E-state index contributed by atoms with van der Waals surface area (Å²) < 4.78 is 0. The molecule has 1 fully saturated rings. The Morgan fingerprint density at radius 3 is 2.49 bits per heavy atom. The van der Waals surface area contributed by atoms with E-state index >= 15 is 0 Å². The molecule has 1 aliphatic rings. The monoisotopic (exact) mass is 514 g/mol. The van der Waals surface area contributed by atoms with Crippen LogP contribution >= 0.6 is 0 Å². The number of nitrogens with one attached hydrogen (secondary N) is 2. The normalized spacial score (nSPS) is 14.9. The van der Waals surface area contributed by atoms with Crippen LogP contribution in [0.15, 0.2) is 97.1 Å². The van der Waals surface area contributed by atoms with Gasteiger partial charge in [-0.25, -0.2) is 0 Å². The number of hydrogen-bond donors (Lipinski definition) is 2. The number of aryl methyl sites for hydroxylation is 1. The van der Waals surface area contributed by atoms with Gasteiger partial charge in [-0.1, -0.05) is 90.5 Å². The van der Waals surface area contributed by atoms with Gasteiger partial charge in [-0.3, -0.25) is 4.79 Å². The predicted molar refractivity (Wildman–Crippen MR) is 155 cm³/mol. The van der Waals surface area contributed by atoms with Crippen molar-refractivity contribution < 1.29 is 4.79 Å². The number of aromatic amines is 1. The van der Waals surface area contributed by atoms with Crippen molar-refractivity contribution in [3.8, 4) is 22.5 Å². The number of aromatic nitrogens is 4.